The number of rotatable bonds is 12. The number of carbonyl (C=O) groups is 2. The lowest BCUT2D eigenvalue weighted by atomic mass is 10.0. The molecule has 0 fully saturated rings. The number of nitrogens with one attached hydrogen (secondary N) is 1. The zero-order valence-electron chi connectivity index (χ0n) is 20.9. The van der Waals surface area contributed by atoms with Crippen LogP contribution in [0.5, 0.6) is 11.5 Å². The van der Waals surface area contributed by atoms with E-state index < -0.39 is 6.04 Å². The van der Waals surface area contributed by atoms with E-state index in [1.165, 1.54) is 0 Å². The number of halogens is 1. The Balaban J connectivity index is 1.92. The van der Waals surface area contributed by atoms with Gasteiger partial charge in [-0.2, -0.15) is 0 Å². The molecule has 190 valence electrons. The minimum absolute atomic E-state index is 0.0203. The van der Waals surface area contributed by atoms with Crippen LogP contribution in [-0.4, -0.2) is 42.5 Å². The number of nitrogens with zero attached hydrogens (tertiary/aromatic N) is 1. The molecule has 6 nitrogen and oxygen atoms in total. The second-order valence-corrected chi connectivity index (χ2v) is 9.05. The van der Waals surface area contributed by atoms with Gasteiger partial charge in [0.25, 0.3) is 5.91 Å². The van der Waals surface area contributed by atoms with Crippen LogP contribution in [0.4, 0.5) is 0 Å². The molecule has 0 saturated heterocycles. The molecule has 7 heteroatoms. The van der Waals surface area contributed by atoms with Crippen LogP contribution in [0, 0.1) is 0 Å². The summed E-state index contributed by atoms with van der Waals surface area (Å²) < 4.78 is 11.2. The first-order valence-electron chi connectivity index (χ1n) is 12.0. The molecule has 0 heterocycles. The largest absolute Gasteiger partial charge is 0.493 e. The van der Waals surface area contributed by atoms with Crippen molar-refractivity contribution in [2.24, 2.45) is 0 Å². The van der Waals surface area contributed by atoms with Gasteiger partial charge in [0.1, 0.15) is 6.04 Å². The summed E-state index contributed by atoms with van der Waals surface area (Å²) in [4.78, 5) is 28.7. The van der Waals surface area contributed by atoms with Gasteiger partial charge in [0.05, 0.1) is 7.11 Å². The first kappa shape index (κ1) is 27.1. The highest BCUT2D eigenvalue weighted by Crippen LogP contribution is 2.26. The van der Waals surface area contributed by atoms with Crippen molar-refractivity contribution in [3.8, 4) is 11.5 Å². The third-order valence-corrected chi connectivity index (χ3v) is 6.21. The summed E-state index contributed by atoms with van der Waals surface area (Å²) >= 11 is 6.07. The number of carbonyl (C=O) groups excluding carboxylic acids is 2. The summed E-state index contributed by atoms with van der Waals surface area (Å²) in [5, 5.41) is 3.66. The minimum atomic E-state index is -0.731. The molecule has 0 aliphatic carbocycles. The van der Waals surface area contributed by atoms with E-state index in [-0.39, 0.29) is 31.0 Å². The Kier molecular flexibility index (Phi) is 10.2. The molecule has 0 aliphatic heterocycles. The number of benzene rings is 3. The lowest BCUT2D eigenvalue weighted by molar-refractivity contribution is -0.143. The van der Waals surface area contributed by atoms with E-state index in [1.54, 1.807) is 36.3 Å². The molecule has 36 heavy (non-hydrogen) atoms. The highest BCUT2D eigenvalue weighted by Gasteiger charge is 2.31. The highest BCUT2D eigenvalue weighted by atomic mass is 35.5. The van der Waals surface area contributed by atoms with E-state index in [2.05, 4.69) is 5.32 Å². The first-order chi connectivity index (χ1) is 17.4. The molecule has 3 rings (SSSR count). The van der Waals surface area contributed by atoms with Crippen LogP contribution in [0.1, 0.15) is 31.4 Å². The molecule has 2 atom stereocenters. The van der Waals surface area contributed by atoms with Crippen molar-refractivity contribution in [3.05, 3.63) is 95.0 Å². The van der Waals surface area contributed by atoms with Gasteiger partial charge in [-0.15, -0.1) is 0 Å². The molecular weight excluding hydrogens is 476 g/mol. The third-order valence-electron chi connectivity index (χ3n) is 5.96. The number of amides is 2. The average Bonchev–Trinajstić information content (AvgIpc) is 2.90. The standard InChI is InChI=1S/C29H33ClN2O4/c1-4-21(2)31-29(34)25(18-22-10-6-5-7-11-22)32(19-23-14-16-24(30)17-15-23)28(33)20-36-27-13-9-8-12-26(27)35-3/h5-17,21,25H,4,18-20H2,1-3H3,(H,31,34). The number of para-hydroxylation sites is 2. The van der Waals surface area contributed by atoms with Crippen molar-refractivity contribution in [1.29, 1.82) is 0 Å². The van der Waals surface area contributed by atoms with Gasteiger partial charge in [-0.1, -0.05) is 73.1 Å². The molecule has 0 radical (unpaired) electrons. The van der Waals surface area contributed by atoms with E-state index in [9.17, 15) is 9.59 Å². The number of methoxy groups -OCH3 is 1. The molecule has 2 amide bonds. The molecule has 3 aromatic rings. The minimum Gasteiger partial charge on any atom is -0.493 e. The fourth-order valence-corrected chi connectivity index (χ4v) is 3.87. The molecular formula is C29H33ClN2O4. The maximum Gasteiger partial charge on any atom is 0.261 e. The first-order valence-corrected chi connectivity index (χ1v) is 12.4. The fourth-order valence-electron chi connectivity index (χ4n) is 3.74. The van der Waals surface area contributed by atoms with Crippen molar-refractivity contribution in [2.45, 2.75) is 45.3 Å². The number of hydrogen-bond acceptors (Lipinski definition) is 4. The molecule has 0 aromatic heterocycles. The summed E-state index contributed by atoms with van der Waals surface area (Å²) in [6, 6.07) is 23.4. The maximum atomic E-state index is 13.6. The average molecular weight is 509 g/mol. The summed E-state index contributed by atoms with van der Waals surface area (Å²) in [7, 11) is 1.55. The highest BCUT2D eigenvalue weighted by molar-refractivity contribution is 6.30. The second-order valence-electron chi connectivity index (χ2n) is 8.61. The SMILES string of the molecule is CCC(C)NC(=O)C(Cc1ccccc1)N(Cc1ccc(Cl)cc1)C(=O)COc1ccccc1OC. The Labute approximate surface area is 218 Å². The lowest BCUT2D eigenvalue weighted by Crippen LogP contribution is -2.53. The van der Waals surface area contributed by atoms with Crippen LogP contribution in [0.15, 0.2) is 78.9 Å². The Hall–Kier alpha value is -3.51. The van der Waals surface area contributed by atoms with Gasteiger partial charge >= 0.3 is 0 Å². The van der Waals surface area contributed by atoms with Crippen molar-refractivity contribution in [3.63, 3.8) is 0 Å². The normalized spacial score (nSPS) is 12.3. The maximum absolute atomic E-state index is 13.6. The van der Waals surface area contributed by atoms with Crippen molar-refractivity contribution < 1.29 is 19.1 Å². The van der Waals surface area contributed by atoms with Gasteiger partial charge in [-0.3, -0.25) is 9.59 Å². The molecule has 0 spiro atoms. The molecule has 0 bridgehead atoms. The van der Waals surface area contributed by atoms with Crippen LogP contribution in [0.3, 0.4) is 0 Å². The Bertz CT molecular complexity index is 1120. The molecule has 2 unspecified atom stereocenters. The quantitative estimate of drug-likeness (QED) is 0.361. The predicted octanol–water partition coefficient (Wildman–Crippen LogP) is 5.28. The zero-order valence-corrected chi connectivity index (χ0v) is 21.7. The molecule has 1 N–H and O–H groups in total. The lowest BCUT2D eigenvalue weighted by Gasteiger charge is -2.32. The molecule has 0 saturated carbocycles. The summed E-state index contributed by atoms with van der Waals surface area (Å²) in [6.07, 6.45) is 1.16. The monoisotopic (exact) mass is 508 g/mol. The van der Waals surface area contributed by atoms with Crippen molar-refractivity contribution in [1.82, 2.24) is 10.2 Å². The van der Waals surface area contributed by atoms with E-state index >= 15 is 0 Å². The van der Waals surface area contributed by atoms with Gasteiger partial charge < -0.3 is 19.7 Å². The third kappa shape index (κ3) is 7.75. The molecule has 0 aliphatic rings. The van der Waals surface area contributed by atoms with Crippen LogP contribution in [0.25, 0.3) is 0 Å². The predicted molar refractivity (Wildman–Crippen MR) is 142 cm³/mol. The fraction of sp³-hybridized carbons (Fsp3) is 0.310. The Morgan fingerprint density at radius 1 is 0.917 bits per heavy atom. The van der Waals surface area contributed by atoms with Crippen molar-refractivity contribution in [2.75, 3.05) is 13.7 Å². The van der Waals surface area contributed by atoms with Crippen molar-refractivity contribution >= 4 is 23.4 Å². The van der Waals surface area contributed by atoms with Crippen LogP contribution in [0.2, 0.25) is 5.02 Å². The topological polar surface area (TPSA) is 67.9 Å². The van der Waals surface area contributed by atoms with E-state index in [4.69, 9.17) is 21.1 Å². The van der Waals surface area contributed by atoms with Gasteiger partial charge in [0.15, 0.2) is 18.1 Å². The van der Waals surface area contributed by atoms with Gasteiger partial charge in [0.2, 0.25) is 5.91 Å². The van der Waals surface area contributed by atoms with Crippen LogP contribution < -0.4 is 14.8 Å². The van der Waals surface area contributed by atoms with E-state index in [0.717, 1.165) is 17.5 Å². The molecule has 3 aromatic carbocycles. The number of hydrogen-bond donors (Lipinski definition) is 1. The summed E-state index contributed by atoms with van der Waals surface area (Å²) in [6.45, 7) is 3.95. The second kappa shape index (κ2) is 13.5. The smallest absolute Gasteiger partial charge is 0.261 e. The Morgan fingerprint density at radius 3 is 2.19 bits per heavy atom. The van der Waals surface area contributed by atoms with Gasteiger partial charge in [-0.25, -0.2) is 0 Å². The summed E-state index contributed by atoms with van der Waals surface area (Å²) in [5.41, 5.74) is 1.82. The number of ether oxygens (including phenoxy) is 2. The zero-order chi connectivity index (χ0) is 25.9. The van der Waals surface area contributed by atoms with Crippen LogP contribution in [-0.2, 0) is 22.6 Å². The summed E-state index contributed by atoms with van der Waals surface area (Å²) in [5.74, 6) is 0.484. The Morgan fingerprint density at radius 2 is 1.56 bits per heavy atom. The van der Waals surface area contributed by atoms with E-state index in [0.29, 0.717) is 22.9 Å². The van der Waals surface area contributed by atoms with Gasteiger partial charge in [-0.05, 0) is 48.7 Å². The van der Waals surface area contributed by atoms with E-state index in [1.807, 2.05) is 68.4 Å². The van der Waals surface area contributed by atoms with Gasteiger partial charge in [0, 0.05) is 24.0 Å². The van der Waals surface area contributed by atoms with Crippen LogP contribution >= 0.6 is 11.6 Å².